The summed E-state index contributed by atoms with van der Waals surface area (Å²) in [5.74, 6) is -0.908. The summed E-state index contributed by atoms with van der Waals surface area (Å²) in [6, 6.07) is 13.4. The maximum absolute atomic E-state index is 10.9. The Hall–Kier alpha value is -1.98. The van der Waals surface area contributed by atoms with Crippen molar-refractivity contribution in [2.45, 2.75) is 6.04 Å². The zero-order chi connectivity index (χ0) is 14.7. The quantitative estimate of drug-likeness (QED) is 0.826. The molecule has 0 aromatic heterocycles. The Morgan fingerprint density at radius 3 is 2.60 bits per heavy atom. The van der Waals surface area contributed by atoms with E-state index < -0.39 is 12.0 Å². The Kier molecular flexibility index (Phi) is 4.32. The van der Waals surface area contributed by atoms with Crippen molar-refractivity contribution >= 4 is 33.9 Å². The molecule has 4 nitrogen and oxygen atoms in total. The number of rotatable bonds is 5. The van der Waals surface area contributed by atoms with Crippen LogP contribution in [0.15, 0.2) is 42.5 Å². The van der Waals surface area contributed by atoms with Crippen LogP contribution in [0.25, 0.3) is 10.8 Å². The summed E-state index contributed by atoms with van der Waals surface area (Å²) < 4.78 is 0. The molecule has 1 unspecified atom stereocenters. The van der Waals surface area contributed by atoms with Gasteiger partial charge in [-0.25, -0.2) is 0 Å². The number of nitrogens with two attached hydrogens (primary N) is 1. The maximum Gasteiger partial charge on any atom is 0.317 e. The minimum absolute atomic E-state index is 0.120. The van der Waals surface area contributed by atoms with E-state index in [2.05, 4.69) is 0 Å². The highest BCUT2D eigenvalue weighted by molar-refractivity contribution is 7.80. The first-order chi connectivity index (χ1) is 9.50. The Morgan fingerprint density at radius 2 is 1.95 bits per heavy atom. The van der Waals surface area contributed by atoms with Crippen LogP contribution in [0.3, 0.4) is 0 Å². The fourth-order valence-corrected chi connectivity index (χ4v) is 2.71. The lowest BCUT2D eigenvalue weighted by Crippen LogP contribution is -2.37. The molecule has 1 atom stereocenters. The zero-order valence-electron chi connectivity index (χ0n) is 11.1. The zero-order valence-corrected chi connectivity index (χ0v) is 11.9. The Balaban J connectivity index is 2.52. The van der Waals surface area contributed by atoms with Crippen LogP contribution < -0.4 is 5.73 Å². The molecule has 0 heterocycles. The van der Waals surface area contributed by atoms with Gasteiger partial charge in [0.05, 0.1) is 17.6 Å². The summed E-state index contributed by atoms with van der Waals surface area (Å²) in [4.78, 5) is 12.8. The van der Waals surface area contributed by atoms with Crippen LogP contribution in [0.4, 0.5) is 0 Å². The molecule has 0 spiro atoms. The molecule has 3 N–H and O–H groups in total. The average Bonchev–Trinajstić information content (AvgIpc) is 2.38. The Morgan fingerprint density at radius 1 is 1.30 bits per heavy atom. The van der Waals surface area contributed by atoms with Gasteiger partial charge in [-0.3, -0.25) is 9.69 Å². The molecular formula is C15H16N2O2S. The van der Waals surface area contributed by atoms with E-state index in [0.29, 0.717) is 0 Å². The minimum Gasteiger partial charge on any atom is -0.480 e. The molecule has 2 rings (SSSR count). The van der Waals surface area contributed by atoms with E-state index in [1.165, 1.54) is 0 Å². The summed E-state index contributed by atoms with van der Waals surface area (Å²) in [6.45, 7) is -0.120. The van der Waals surface area contributed by atoms with Gasteiger partial charge in [0, 0.05) is 0 Å². The third-order valence-electron chi connectivity index (χ3n) is 3.21. The first-order valence-corrected chi connectivity index (χ1v) is 6.60. The van der Waals surface area contributed by atoms with Gasteiger partial charge in [0.2, 0.25) is 0 Å². The van der Waals surface area contributed by atoms with Gasteiger partial charge in [-0.2, -0.15) is 0 Å². The molecular weight excluding hydrogens is 272 g/mol. The molecule has 0 amide bonds. The van der Waals surface area contributed by atoms with Gasteiger partial charge in [0.15, 0.2) is 0 Å². The van der Waals surface area contributed by atoms with Gasteiger partial charge in [-0.15, -0.1) is 0 Å². The van der Waals surface area contributed by atoms with Gasteiger partial charge < -0.3 is 10.8 Å². The Labute approximate surface area is 122 Å². The van der Waals surface area contributed by atoms with Gasteiger partial charge >= 0.3 is 5.97 Å². The van der Waals surface area contributed by atoms with Crippen LogP contribution in [-0.2, 0) is 4.79 Å². The van der Waals surface area contributed by atoms with Crippen molar-refractivity contribution in [1.29, 1.82) is 0 Å². The summed E-state index contributed by atoms with van der Waals surface area (Å²) >= 11 is 5.13. The van der Waals surface area contributed by atoms with Crippen LogP contribution >= 0.6 is 12.2 Å². The fraction of sp³-hybridized carbons (Fsp3) is 0.200. The number of aliphatic carboxylic acids is 1. The van der Waals surface area contributed by atoms with Crippen molar-refractivity contribution in [3.05, 3.63) is 48.0 Å². The fourth-order valence-electron chi connectivity index (χ4n) is 2.40. The molecule has 0 saturated heterocycles. The number of carboxylic acid groups (broad SMARTS) is 1. The summed E-state index contributed by atoms with van der Waals surface area (Å²) in [5, 5.41) is 11.1. The van der Waals surface area contributed by atoms with E-state index in [-0.39, 0.29) is 11.5 Å². The predicted molar refractivity (Wildman–Crippen MR) is 83.7 cm³/mol. The monoisotopic (exact) mass is 288 g/mol. The van der Waals surface area contributed by atoms with E-state index in [9.17, 15) is 4.79 Å². The highest BCUT2D eigenvalue weighted by atomic mass is 32.1. The molecule has 0 aliphatic rings. The molecule has 0 fully saturated rings. The summed E-state index contributed by atoms with van der Waals surface area (Å²) in [5.41, 5.74) is 6.76. The highest BCUT2D eigenvalue weighted by Crippen LogP contribution is 2.27. The first kappa shape index (κ1) is 14.4. The van der Waals surface area contributed by atoms with Gasteiger partial charge in [0.25, 0.3) is 0 Å². The summed E-state index contributed by atoms with van der Waals surface area (Å²) in [7, 11) is 1.71. The SMILES string of the molecule is CN(CC(=O)O)C(C(N)=S)c1cccc2ccccc12. The minimum atomic E-state index is -0.908. The third kappa shape index (κ3) is 2.95. The molecule has 0 saturated carbocycles. The average molecular weight is 288 g/mol. The number of fused-ring (bicyclic) bond motifs is 1. The number of benzene rings is 2. The number of likely N-dealkylation sites (N-methyl/N-ethyl adjacent to an activating group) is 1. The first-order valence-electron chi connectivity index (χ1n) is 6.19. The second kappa shape index (κ2) is 5.98. The smallest absolute Gasteiger partial charge is 0.317 e. The molecule has 104 valence electrons. The Bertz CT molecular complexity index is 652. The van der Waals surface area contributed by atoms with Crippen LogP contribution in [0.5, 0.6) is 0 Å². The molecule has 0 aliphatic carbocycles. The molecule has 0 bridgehead atoms. The van der Waals surface area contributed by atoms with Crippen molar-refractivity contribution in [2.24, 2.45) is 5.73 Å². The standard InChI is InChI=1S/C15H16N2O2S/c1-17(9-13(18)19)14(15(16)20)12-8-4-6-10-5-2-3-7-11(10)12/h2-8,14H,9H2,1H3,(H2,16,20)(H,18,19). The van der Waals surface area contributed by atoms with E-state index in [1.54, 1.807) is 11.9 Å². The van der Waals surface area contributed by atoms with E-state index in [4.69, 9.17) is 23.1 Å². The largest absolute Gasteiger partial charge is 0.480 e. The lowest BCUT2D eigenvalue weighted by Gasteiger charge is -2.27. The van der Waals surface area contributed by atoms with Crippen LogP contribution in [0.1, 0.15) is 11.6 Å². The molecule has 2 aromatic rings. The normalized spacial score (nSPS) is 12.5. The molecule has 5 heteroatoms. The predicted octanol–water partition coefficient (Wildman–Crippen LogP) is 2.18. The number of hydrogen-bond donors (Lipinski definition) is 2. The van der Waals surface area contributed by atoms with Gasteiger partial charge in [-0.05, 0) is 23.4 Å². The number of nitrogens with zero attached hydrogens (tertiary/aromatic N) is 1. The highest BCUT2D eigenvalue weighted by Gasteiger charge is 2.23. The van der Waals surface area contributed by atoms with Crippen molar-refractivity contribution in [1.82, 2.24) is 4.90 Å². The van der Waals surface area contributed by atoms with Gasteiger partial charge in [-0.1, -0.05) is 54.7 Å². The van der Waals surface area contributed by atoms with E-state index in [1.807, 2.05) is 42.5 Å². The lowest BCUT2D eigenvalue weighted by molar-refractivity contribution is -0.138. The second-order valence-corrected chi connectivity index (χ2v) is 5.15. The van der Waals surface area contributed by atoms with E-state index >= 15 is 0 Å². The van der Waals surface area contributed by atoms with E-state index in [0.717, 1.165) is 16.3 Å². The number of carboxylic acids is 1. The molecule has 20 heavy (non-hydrogen) atoms. The van der Waals surface area contributed by atoms with Crippen molar-refractivity contribution in [3.63, 3.8) is 0 Å². The van der Waals surface area contributed by atoms with Crippen LogP contribution in [-0.4, -0.2) is 34.6 Å². The second-order valence-electron chi connectivity index (χ2n) is 4.68. The molecule has 0 aliphatic heterocycles. The number of hydrogen-bond acceptors (Lipinski definition) is 3. The lowest BCUT2D eigenvalue weighted by atomic mass is 9.98. The topological polar surface area (TPSA) is 66.6 Å². The number of carbonyl (C=O) groups is 1. The van der Waals surface area contributed by atoms with Crippen molar-refractivity contribution < 1.29 is 9.90 Å². The maximum atomic E-state index is 10.9. The van der Waals surface area contributed by atoms with Crippen molar-refractivity contribution in [2.75, 3.05) is 13.6 Å². The van der Waals surface area contributed by atoms with Crippen LogP contribution in [0.2, 0.25) is 0 Å². The molecule has 0 radical (unpaired) electrons. The number of thiocarbonyl (C=S) groups is 1. The van der Waals surface area contributed by atoms with Crippen LogP contribution in [0, 0.1) is 0 Å². The van der Waals surface area contributed by atoms with Crippen molar-refractivity contribution in [3.8, 4) is 0 Å². The third-order valence-corrected chi connectivity index (χ3v) is 3.44. The molecule has 2 aromatic carbocycles. The van der Waals surface area contributed by atoms with Gasteiger partial charge in [0.1, 0.15) is 0 Å². The summed E-state index contributed by atoms with van der Waals surface area (Å²) in [6.07, 6.45) is 0.